The molecule has 0 spiro atoms. The van der Waals surface area contributed by atoms with E-state index in [1.165, 1.54) is 0 Å². The van der Waals surface area contributed by atoms with Gasteiger partial charge < -0.3 is 10.3 Å². The number of aromatic amines is 1. The third kappa shape index (κ3) is 5.01. The highest BCUT2D eigenvalue weighted by Gasteiger charge is 2.24. The summed E-state index contributed by atoms with van der Waals surface area (Å²) < 4.78 is 0. The summed E-state index contributed by atoms with van der Waals surface area (Å²) in [6.45, 7) is 3.51. The number of H-pyrrole nitrogens is 1. The summed E-state index contributed by atoms with van der Waals surface area (Å²) in [6.07, 6.45) is 2.09. The summed E-state index contributed by atoms with van der Waals surface area (Å²) in [5, 5.41) is 4.66. The molecule has 8 heteroatoms. The second-order valence-electron chi connectivity index (χ2n) is 8.11. The molecule has 0 saturated heterocycles. The van der Waals surface area contributed by atoms with E-state index in [1.807, 2.05) is 54.7 Å². The second kappa shape index (κ2) is 9.52. The van der Waals surface area contributed by atoms with Gasteiger partial charge in [0, 0.05) is 34.8 Å². The molecule has 0 aliphatic carbocycles. The summed E-state index contributed by atoms with van der Waals surface area (Å²) in [5.74, 6) is -1.62. The monoisotopic (exact) mass is 443 g/mol. The normalized spacial score (nSPS) is 12.0. The van der Waals surface area contributed by atoms with Gasteiger partial charge in [-0.1, -0.05) is 56.3 Å². The Morgan fingerprint density at radius 2 is 1.67 bits per heavy atom. The van der Waals surface area contributed by atoms with Gasteiger partial charge in [0.05, 0.1) is 5.52 Å². The van der Waals surface area contributed by atoms with Crippen molar-refractivity contribution in [2.75, 3.05) is 0 Å². The van der Waals surface area contributed by atoms with Gasteiger partial charge in [0.2, 0.25) is 5.91 Å². The van der Waals surface area contributed by atoms with Crippen molar-refractivity contribution in [3.05, 3.63) is 78.1 Å². The Balaban J connectivity index is 1.48. The van der Waals surface area contributed by atoms with E-state index >= 15 is 0 Å². The molecule has 2 heterocycles. The minimum atomic E-state index is -0.871. The third-order valence-electron chi connectivity index (χ3n) is 5.39. The number of carbonyl (C=O) groups is 3. The van der Waals surface area contributed by atoms with Crippen molar-refractivity contribution in [3.63, 3.8) is 0 Å². The van der Waals surface area contributed by atoms with E-state index in [4.69, 9.17) is 0 Å². The SMILES string of the molecule is CC(C)C(=O)NC(Cc1c[nH]c2ccccc12)C(=O)NNC(=O)c1ccc2ccccc2n1. The molecule has 33 heavy (non-hydrogen) atoms. The van der Waals surface area contributed by atoms with E-state index in [2.05, 4.69) is 26.1 Å². The molecule has 8 nitrogen and oxygen atoms in total. The van der Waals surface area contributed by atoms with Crippen molar-refractivity contribution in [2.45, 2.75) is 26.3 Å². The summed E-state index contributed by atoms with van der Waals surface area (Å²) in [5.41, 5.74) is 7.52. The molecule has 168 valence electrons. The van der Waals surface area contributed by atoms with Gasteiger partial charge in [0.25, 0.3) is 11.8 Å². The minimum Gasteiger partial charge on any atom is -0.361 e. The van der Waals surface area contributed by atoms with Crippen LogP contribution in [0.5, 0.6) is 0 Å². The van der Waals surface area contributed by atoms with E-state index in [9.17, 15) is 14.4 Å². The van der Waals surface area contributed by atoms with Crippen molar-refractivity contribution in [3.8, 4) is 0 Å². The zero-order valence-corrected chi connectivity index (χ0v) is 18.4. The molecule has 2 aromatic carbocycles. The fraction of sp³-hybridized carbons (Fsp3) is 0.200. The number of rotatable bonds is 6. The van der Waals surface area contributed by atoms with Gasteiger partial charge in [-0.3, -0.25) is 25.2 Å². The largest absolute Gasteiger partial charge is 0.361 e. The minimum absolute atomic E-state index is 0.174. The van der Waals surface area contributed by atoms with Crippen molar-refractivity contribution < 1.29 is 14.4 Å². The first-order chi connectivity index (χ1) is 15.9. The van der Waals surface area contributed by atoms with Crippen LogP contribution in [0.25, 0.3) is 21.8 Å². The average Bonchev–Trinajstić information content (AvgIpc) is 3.24. The van der Waals surface area contributed by atoms with Crippen LogP contribution in [0.1, 0.15) is 29.9 Å². The molecule has 1 atom stereocenters. The van der Waals surface area contributed by atoms with Crippen molar-refractivity contribution >= 4 is 39.5 Å². The van der Waals surface area contributed by atoms with Gasteiger partial charge in [-0.05, 0) is 23.8 Å². The summed E-state index contributed by atoms with van der Waals surface area (Å²) >= 11 is 0. The molecule has 4 aromatic rings. The van der Waals surface area contributed by atoms with Gasteiger partial charge in [0.1, 0.15) is 11.7 Å². The van der Waals surface area contributed by atoms with E-state index < -0.39 is 17.9 Å². The lowest BCUT2D eigenvalue weighted by Crippen LogP contribution is -2.53. The molecule has 0 aliphatic rings. The molecule has 0 saturated carbocycles. The van der Waals surface area contributed by atoms with E-state index in [0.29, 0.717) is 5.52 Å². The second-order valence-corrected chi connectivity index (χ2v) is 8.11. The molecule has 1 unspecified atom stereocenters. The lowest BCUT2D eigenvalue weighted by atomic mass is 10.0. The maximum atomic E-state index is 12.9. The van der Waals surface area contributed by atoms with Gasteiger partial charge in [-0.15, -0.1) is 0 Å². The Hall–Kier alpha value is -4.20. The lowest BCUT2D eigenvalue weighted by Gasteiger charge is -2.19. The Labute approximate surface area is 190 Å². The number of carbonyl (C=O) groups excluding carboxylic acids is 3. The molecule has 0 fully saturated rings. The predicted octanol–water partition coefficient (Wildman–Crippen LogP) is 2.86. The Kier molecular flexibility index (Phi) is 6.35. The van der Waals surface area contributed by atoms with Crippen LogP contribution in [0, 0.1) is 5.92 Å². The zero-order valence-electron chi connectivity index (χ0n) is 18.4. The maximum Gasteiger partial charge on any atom is 0.288 e. The molecule has 4 N–H and O–H groups in total. The third-order valence-corrected chi connectivity index (χ3v) is 5.39. The lowest BCUT2D eigenvalue weighted by molar-refractivity contribution is -0.130. The number of nitrogens with one attached hydrogen (secondary N) is 4. The number of fused-ring (bicyclic) bond motifs is 2. The van der Waals surface area contributed by atoms with Crippen LogP contribution < -0.4 is 16.2 Å². The van der Waals surface area contributed by atoms with Gasteiger partial charge in [-0.25, -0.2) is 4.98 Å². The molecule has 0 aliphatic heterocycles. The predicted molar refractivity (Wildman–Crippen MR) is 126 cm³/mol. The fourth-order valence-electron chi connectivity index (χ4n) is 3.53. The Morgan fingerprint density at radius 1 is 0.909 bits per heavy atom. The summed E-state index contributed by atoms with van der Waals surface area (Å²) in [4.78, 5) is 45.3. The van der Waals surface area contributed by atoms with Crippen LogP contribution in [0.15, 0.2) is 66.9 Å². The number of nitrogens with zero attached hydrogens (tertiary/aromatic N) is 1. The molecule has 0 bridgehead atoms. The quantitative estimate of drug-likeness (QED) is 0.343. The van der Waals surface area contributed by atoms with Crippen molar-refractivity contribution in [1.29, 1.82) is 0 Å². The highest BCUT2D eigenvalue weighted by molar-refractivity contribution is 5.97. The molecular weight excluding hydrogens is 418 g/mol. The number of hydrogen-bond acceptors (Lipinski definition) is 4. The van der Waals surface area contributed by atoms with Gasteiger partial charge >= 0.3 is 0 Å². The maximum absolute atomic E-state index is 12.9. The van der Waals surface area contributed by atoms with Crippen LogP contribution in [-0.2, 0) is 16.0 Å². The molecule has 3 amide bonds. The number of pyridine rings is 1. The number of benzene rings is 2. The number of aromatic nitrogens is 2. The number of para-hydroxylation sites is 2. The van der Waals surface area contributed by atoms with Crippen molar-refractivity contribution in [2.24, 2.45) is 5.92 Å². The van der Waals surface area contributed by atoms with Gasteiger partial charge in [-0.2, -0.15) is 0 Å². The number of amides is 3. The summed E-state index contributed by atoms with van der Waals surface area (Å²) in [6, 6.07) is 17.7. The van der Waals surface area contributed by atoms with Gasteiger partial charge in [0.15, 0.2) is 0 Å². The molecule has 0 radical (unpaired) electrons. The average molecular weight is 444 g/mol. The van der Waals surface area contributed by atoms with Crippen LogP contribution in [0.2, 0.25) is 0 Å². The fourth-order valence-corrected chi connectivity index (χ4v) is 3.53. The first-order valence-corrected chi connectivity index (χ1v) is 10.7. The summed E-state index contributed by atoms with van der Waals surface area (Å²) in [7, 11) is 0. The van der Waals surface area contributed by atoms with Crippen LogP contribution in [0.4, 0.5) is 0 Å². The highest BCUT2D eigenvalue weighted by Crippen LogP contribution is 2.19. The van der Waals surface area contributed by atoms with Crippen molar-refractivity contribution in [1.82, 2.24) is 26.1 Å². The van der Waals surface area contributed by atoms with Crippen LogP contribution in [0.3, 0.4) is 0 Å². The standard InChI is InChI=1S/C25H25N5O3/c1-15(2)23(31)28-22(13-17-14-26-20-10-6-4-8-18(17)20)25(33)30-29-24(32)21-12-11-16-7-3-5-9-19(16)27-21/h3-12,14-15,22,26H,13H2,1-2H3,(H,28,31)(H,29,32)(H,30,33). The molecular formula is C25H25N5O3. The smallest absolute Gasteiger partial charge is 0.288 e. The molecule has 4 rings (SSSR count). The Bertz CT molecular complexity index is 1330. The zero-order chi connectivity index (χ0) is 23.4. The van der Waals surface area contributed by atoms with E-state index in [-0.39, 0.29) is 23.9 Å². The van der Waals surface area contributed by atoms with E-state index in [0.717, 1.165) is 21.9 Å². The number of hydrogen-bond donors (Lipinski definition) is 4. The highest BCUT2D eigenvalue weighted by atomic mass is 16.2. The van der Waals surface area contributed by atoms with E-state index in [1.54, 1.807) is 26.0 Å². The topological polar surface area (TPSA) is 116 Å². The van der Waals surface area contributed by atoms with Crippen LogP contribution in [-0.4, -0.2) is 33.7 Å². The first-order valence-electron chi connectivity index (χ1n) is 10.7. The Morgan fingerprint density at radius 3 is 2.48 bits per heavy atom. The van der Waals surface area contributed by atoms with Crippen LogP contribution >= 0.6 is 0 Å². The number of hydrazine groups is 1. The first kappa shape index (κ1) is 22.0. The molecule has 2 aromatic heterocycles.